The smallest absolute Gasteiger partial charge is 0.270 e. The van der Waals surface area contributed by atoms with E-state index in [0.29, 0.717) is 5.84 Å². The molecule has 1 saturated heterocycles. The van der Waals surface area contributed by atoms with Gasteiger partial charge in [0.2, 0.25) is 11.9 Å². The van der Waals surface area contributed by atoms with E-state index in [2.05, 4.69) is 15.6 Å². The van der Waals surface area contributed by atoms with Gasteiger partial charge in [-0.15, -0.1) is 0 Å². The topological polar surface area (TPSA) is 59.2 Å². The SMILES string of the molecule is C/C=C/C[N+]1=C2N=C3C(C(=O)N(C)C(=O)N3C)N2CC1. The Bertz CT molecular complexity index is 577. The van der Waals surface area contributed by atoms with Gasteiger partial charge in [0.05, 0.1) is 19.6 Å². The van der Waals surface area contributed by atoms with Gasteiger partial charge in [-0.2, -0.15) is 0 Å². The standard InChI is InChI=1S/C13H18N5O2/c1-4-5-6-17-7-8-18-9-10(14-12(17)18)15(2)13(20)16(3)11(9)19/h4-5,9H,6-8H2,1-3H3/q+1/b5-4+. The molecule has 0 N–H and O–H groups in total. The minimum absolute atomic E-state index is 0.199. The lowest BCUT2D eigenvalue weighted by Gasteiger charge is -2.32. The molecule has 106 valence electrons. The molecular weight excluding hydrogens is 258 g/mol. The average molecular weight is 276 g/mol. The second kappa shape index (κ2) is 4.43. The van der Waals surface area contributed by atoms with E-state index >= 15 is 0 Å². The van der Waals surface area contributed by atoms with Gasteiger partial charge in [0.25, 0.3) is 5.91 Å². The summed E-state index contributed by atoms with van der Waals surface area (Å²) in [5.41, 5.74) is 0. The van der Waals surface area contributed by atoms with Crippen LogP contribution in [0.2, 0.25) is 0 Å². The van der Waals surface area contributed by atoms with Gasteiger partial charge in [-0.25, -0.2) is 9.69 Å². The highest BCUT2D eigenvalue weighted by Gasteiger charge is 2.56. The van der Waals surface area contributed by atoms with Crippen LogP contribution in [0.1, 0.15) is 6.92 Å². The Labute approximate surface area is 117 Å². The first-order valence-electron chi connectivity index (χ1n) is 6.69. The molecule has 7 nitrogen and oxygen atoms in total. The molecule has 0 saturated carbocycles. The van der Waals surface area contributed by atoms with E-state index in [1.54, 1.807) is 7.05 Å². The molecule has 0 spiro atoms. The van der Waals surface area contributed by atoms with Crippen LogP contribution < -0.4 is 0 Å². The van der Waals surface area contributed by atoms with E-state index < -0.39 is 6.04 Å². The van der Waals surface area contributed by atoms with Crippen LogP contribution in [0, 0.1) is 0 Å². The number of guanidine groups is 1. The summed E-state index contributed by atoms with van der Waals surface area (Å²) in [6.07, 6.45) is 4.05. The molecule has 3 aliphatic heterocycles. The minimum Gasteiger partial charge on any atom is -0.270 e. The van der Waals surface area contributed by atoms with Crippen LogP contribution >= 0.6 is 0 Å². The zero-order valence-corrected chi connectivity index (χ0v) is 11.9. The maximum absolute atomic E-state index is 12.3. The number of carbonyl (C=O) groups is 2. The second-order valence-corrected chi connectivity index (χ2v) is 5.12. The fourth-order valence-electron chi connectivity index (χ4n) is 2.80. The van der Waals surface area contributed by atoms with Gasteiger partial charge in [-0.1, -0.05) is 17.1 Å². The highest BCUT2D eigenvalue weighted by Crippen LogP contribution is 2.24. The maximum atomic E-state index is 12.3. The van der Waals surface area contributed by atoms with E-state index in [9.17, 15) is 9.59 Å². The Morgan fingerprint density at radius 1 is 1.35 bits per heavy atom. The molecule has 0 aromatic carbocycles. The fourth-order valence-corrected chi connectivity index (χ4v) is 2.80. The third kappa shape index (κ3) is 1.59. The van der Waals surface area contributed by atoms with Crippen LogP contribution in [-0.4, -0.2) is 82.8 Å². The maximum Gasteiger partial charge on any atom is 0.392 e. The van der Waals surface area contributed by atoms with Crippen LogP contribution in [-0.2, 0) is 4.79 Å². The minimum atomic E-state index is -0.451. The number of rotatable bonds is 2. The number of allylic oxidation sites excluding steroid dienone is 1. The molecule has 0 aliphatic carbocycles. The summed E-state index contributed by atoms with van der Waals surface area (Å²) in [4.78, 5) is 33.4. The van der Waals surface area contributed by atoms with Crippen molar-refractivity contribution in [2.75, 3.05) is 33.7 Å². The Morgan fingerprint density at radius 2 is 2.10 bits per heavy atom. The fraction of sp³-hybridized carbons (Fsp3) is 0.538. The number of nitrogens with zero attached hydrogens (tertiary/aromatic N) is 5. The number of amidine groups is 1. The molecule has 3 amide bonds. The van der Waals surface area contributed by atoms with Gasteiger partial charge in [0.1, 0.15) is 0 Å². The lowest BCUT2D eigenvalue weighted by molar-refractivity contribution is -0.508. The zero-order chi connectivity index (χ0) is 14.4. The molecule has 3 aliphatic rings. The van der Waals surface area contributed by atoms with Crippen molar-refractivity contribution >= 4 is 23.7 Å². The molecule has 0 aromatic rings. The van der Waals surface area contributed by atoms with Crippen molar-refractivity contribution in [2.24, 2.45) is 4.99 Å². The van der Waals surface area contributed by atoms with Crippen molar-refractivity contribution < 1.29 is 14.2 Å². The van der Waals surface area contributed by atoms with Gasteiger partial charge in [-0.05, 0) is 6.92 Å². The number of hydrogen-bond donors (Lipinski definition) is 0. The lowest BCUT2D eigenvalue weighted by atomic mass is 10.1. The number of carbonyl (C=O) groups excluding carboxylic acids is 2. The number of imide groups is 1. The normalized spacial score (nSPS) is 25.9. The summed E-state index contributed by atoms with van der Waals surface area (Å²) in [6.45, 7) is 4.35. The van der Waals surface area contributed by atoms with Crippen molar-refractivity contribution in [3.63, 3.8) is 0 Å². The molecule has 0 radical (unpaired) electrons. The molecule has 1 fully saturated rings. The van der Waals surface area contributed by atoms with E-state index in [-0.39, 0.29) is 11.9 Å². The number of aliphatic imine (C=N–C) groups is 1. The molecule has 20 heavy (non-hydrogen) atoms. The Kier molecular flexibility index (Phi) is 2.84. The molecule has 7 heteroatoms. The van der Waals surface area contributed by atoms with Crippen LogP contribution in [0.15, 0.2) is 17.1 Å². The van der Waals surface area contributed by atoms with E-state index in [4.69, 9.17) is 0 Å². The van der Waals surface area contributed by atoms with Crippen LogP contribution in [0.4, 0.5) is 4.79 Å². The Hall–Kier alpha value is -2.18. The monoisotopic (exact) mass is 276 g/mol. The largest absolute Gasteiger partial charge is 0.392 e. The Balaban J connectivity index is 2.01. The first-order chi connectivity index (χ1) is 9.56. The quantitative estimate of drug-likeness (QED) is 0.507. The Morgan fingerprint density at radius 3 is 2.80 bits per heavy atom. The van der Waals surface area contributed by atoms with Crippen LogP contribution in [0.5, 0.6) is 0 Å². The van der Waals surface area contributed by atoms with Crippen molar-refractivity contribution in [3.8, 4) is 0 Å². The van der Waals surface area contributed by atoms with Gasteiger partial charge < -0.3 is 0 Å². The van der Waals surface area contributed by atoms with Crippen molar-refractivity contribution in [1.82, 2.24) is 14.7 Å². The summed E-state index contributed by atoms with van der Waals surface area (Å²) in [5, 5.41) is 0. The lowest BCUT2D eigenvalue weighted by Crippen LogP contribution is -2.62. The molecule has 3 rings (SSSR count). The molecule has 0 aromatic heterocycles. The van der Waals surface area contributed by atoms with Gasteiger partial charge >= 0.3 is 12.0 Å². The van der Waals surface area contributed by atoms with E-state index in [1.165, 1.54) is 16.8 Å². The van der Waals surface area contributed by atoms with Crippen LogP contribution in [0.3, 0.4) is 0 Å². The van der Waals surface area contributed by atoms with Crippen molar-refractivity contribution in [2.45, 2.75) is 13.0 Å². The summed E-state index contributed by atoms with van der Waals surface area (Å²) in [5.74, 6) is 1.14. The number of likely N-dealkylation sites (N-methyl/N-ethyl adjacent to an activating group) is 2. The molecule has 3 heterocycles. The van der Waals surface area contributed by atoms with Crippen molar-refractivity contribution in [1.29, 1.82) is 0 Å². The van der Waals surface area contributed by atoms with Gasteiger partial charge in [0.15, 0.2) is 0 Å². The first kappa shape index (κ1) is 12.8. The zero-order valence-electron chi connectivity index (χ0n) is 11.9. The van der Waals surface area contributed by atoms with Gasteiger partial charge in [-0.3, -0.25) is 19.2 Å². The summed E-state index contributed by atoms with van der Waals surface area (Å²) < 4.78 is 2.12. The predicted molar refractivity (Wildman–Crippen MR) is 73.7 cm³/mol. The average Bonchev–Trinajstić information content (AvgIpc) is 2.99. The third-order valence-electron chi connectivity index (χ3n) is 3.96. The van der Waals surface area contributed by atoms with Gasteiger partial charge in [0, 0.05) is 14.1 Å². The molecular formula is C13H18N5O2+. The molecule has 1 atom stereocenters. The molecule has 0 bridgehead atoms. The summed E-state index contributed by atoms with van der Waals surface area (Å²) in [6, 6.07) is -0.778. The number of fused-ring (bicyclic) bond motifs is 3. The van der Waals surface area contributed by atoms with Crippen LogP contribution in [0.25, 0.3) is 0 Å². The first-order valence-corrected chi connectivity index (χ1v) is 6.69. The second-order valence-electron chi connectivity index (χ2n) is 5.12. The summed E-state index contributed by atoms with van der Waals surface area (Å²) in [7, 11) is 3.18. The number of urea groups is 1. The van der Waals surface area contributed by atoms with E-state index in [0.717, 1.165) is 25.6 Å². The highest BCUT2D eigenvalue weighted by molar-refractivity contribution is 6.25. The predicted octanol–water partition coefficient (Wildman–Crippen LogP) is -0.449. The highest BCUT2D eigenvalue weighted by atomic mass is 16.2. The van der Waals surface area contributed by atoms with Crippen molar-refractivity contribution in [3.05, 3.63) is 12.2 Å². The third-order valence-corrected chi connectivity index (χ3v) is 3.96. The van der Waals surface area contributed by atoms with E-state index in [1.807, 2.05) is 17.9 Å². The summed E-state index contributed by atoms with van der Waals surface area (Å²) >= 11 is 0. The number of hydrogen-bond acceptors (Lipinski definition) is 4. The molecule has 1 unspecified atom stereocenters. The number of amides is 3.